The lowest BCUT2D eigenvalue weighted by Crippen LogP contribution is -2.54. The highest BCUT2D eigenvalue weighted by Gasteiger charge is 2.45. The number of benzene rings is 2. The Labute approximate surface area is 218 Å². The molecule has 6 rings (SSSR count). The number of nitrogens with zero attached hydrogens (tertiary/aromatic N) is 3. The van der Waals surface area contributed by atoms with E-state index in [2.05, 4.69) is 32.3 Å². The number of piperidine rings is 1. The van der Waals surface area contributed by atoms with Crippen LogP contribution >= 0.6 is 0 Å². The summed E-state index contributed by atoms with van der Waals surface area (Å²) in [6.07, 6.45) is 1.93. The van der Waals surface area contributed by atoms with Crippen LogP contribution < -0.4 is 10.6 Å². The molecule has 0 bridgehead atoms. The third-order valence-corrected chi connectivity index (χ3v) is 7.37. The number of hydrogen-bond donors (Lipinski definition) is 2. The van der Waals surface area contributed by atoms with E-state index in [1.54, 1.807) is 24.4 Å². The molecule has 2 aliphatic rings. The lowest BCUT2D eigenvalue weighted by atomic mass is 10.0. The molecule has 2 aliphatic heterocycles. The molecule has 9 heteroatoms. The molecule has 1 unspecified atom stereocenters. The lowest BCUT2D eigenvalue weighted by Gasteiger charge is -2.27. The quantitative estimate of drug-likeness (QED) is 0.404. The van der Waals surface area contributed by atoms with Gasteiger partial charge in [-0.1, -0.05) is 6.07 Å². The summed E-state index contributed by atoms with van der Waals surface area (Å²) >= 11 is 0. The van der Waals surface area contributed by atoms with Crippen molar-refractivity contribution >= 4 is 45.9 Å². The van der Waals surface area contributed by atoms with Crippen LogP contribution in [0.2, 0.25) is 0 Å². The number of rotatable bonds is 4. The highest BCUT2D eigenvalue weighted by Crippen LogP contribution is 2.39. The molecule has 0 radical (unpaired) electrons. The Morgan fingerprint density at radius 1 is 0.947 bits per heavy atom. The smallest absolute Gasteiger partial charge is 0.264 e. The summed E-state index contributed by atoms with van der Waals surface area (Å²) in [7, 11) is 2.00. The van der Waals surface area contributed by atoms with Gasteiger partial charge in [0, 0.05) is 47.7 Å². The maximum Gasteiger partial charge on any atom is 0.264 e. The molecule has 4 aromatic rings. The molecule has 1 saturated heterocycles. The zero-order valence-corrected chi connectivity index (χ0v) is 21.2. The number of aromatic nitrogens is 2. The number of nitrogens with one attached hydrogen (secondary N) is 2. The number of fused-ring (bicyclic) bond motifs is 2. The van der Waals surface area contributed by atoms with Gasteiger partial charge >= 0.3 is 0 Å². The Morgan fingerprint density at radius 3 is 2.53 bits per heavy atom. The second-order valence-corrected chi connectivity index (χ2v) is 9.79. The molecule has 4 heterocycles. The molecular formula is C29H25N5O4. The van der Waals surface area contributed by atoms with Crippen molar-refractivity contribution in [1.82, 2.24) is 19.8 Å². The Hall–Kier alpha value is -4.79. The van der Waals surface area contributed by atoms with Gasteiger partial charge in [-0.25, -0.2) is 0 Å². The number of carbonyl (C=O) groups excluding carboxylic acids is 4. The van der Waals surface area contributed by atoms with Crippen molar-refractivity contribution in [2.45, 2.75) is 32.7 Å². The van der Waals surface area contributed by atoms with Gasteiger partial charge in [-0.15, -0.1) is 0 Å². The van der Waals surface area contributed by atoms with Crippen LogP contribution in [-0.2, 0) is 16.6 Å². The molecule has 1 fully saturated rings. The molecule has 9 nitrogen and oxygen atoms in total. The molecule has 0 saturated carbocycles. The van der Waals surface area contributed by atoms with Crippen molar-refractivity contribution in [2.75, 3.05) is 5.32 Å². The zero-order valence-electron chi connectivity index (χ0n) is 21.2. The van der Waals surface area contributed by atoms with E-state index < -0.39 is 29.7 Å². The molecular weight excluding hydrogens is 482 g/mol. The first kappa shape index (κ1) is 23.6. The van der Waals surface area contributed by atoms with E-state index in [-0.39, 0.29) is 24.0 Å². The van der Waals surface area contributed by atoms with E-state index in [1.807, 2.05) is 39.1 Å². The Balaban J connectivity index is 1.46. The summed E-state index contributed by atoms with van der Waals surface area (Å²) in [4.78, 5) is 56.3. The summed E-state index contributed by atoms with van der Waals surface area (Å²) < 4.78 is 2.09. The minimum atomic E-state index is -1.02. The number of amides is 4. The van der Waals surface area contributed by atoms with Gasteiger partial charge in [-0.3, -0.25) is 34.4 Å². The van der Waals surface area contributed by atoms with E-state index in [0.29, 0.717) is 5.69 Å². The van der Waals surface area contributed by atoms with Crippen molar-refractivity contribution in [2.24, 2.45) is 7.05 Å². The Morgan fingerprint density at radius 2 is 1.76 bits per heavy atom. The van der Waals surface area contributed by atoms with Crippen LogP contribution in [0.4, 0.5) is 11.4 Å². The first-order valence-corrected chi connectivity index (χ1v) is 12.4. The molecule has 0 spiro atoms. The van der Waals surface area contributed by atoms with E-state index >= 15 is 0 Å². The average molecular weight is 508 g/mol. The fourth-order valence-corrected chi connectivity index (χ4v) is 5.34. The number of aryl methyl sites for hydroxylation is 3. The molecule has 2 aromatic carbocycles. The van der Waals surface area contributed by atoms with Crippen LogP contribution in [0.25, 0.3) is 22.0 Å². The second kappa shape index (κ2) is 8.65. The summed E-state index contributed by atoms with van der Waals surface area (Å²) in [6, 6.07) is 14.2. The lowest BCUT2D eigenvalue weighted by molar-refractivity contribution is -0.136. The molecule has 2 N–H and O–H groups in total. The number of hydrogen-bond acceptors (Lipinski definition) is 6. The Kier molecular flexibility index (Phi) is 5.37. The van der Waals surface area contributed by atoms with E-state index in [4.69, 9.17) is 0 Å². The van der Waals surface area contributed by atoms with Crippen molar-refractivity contribution in [3.05, 3.63) is 77.2 Å². The van der Waals surface area contributed by atoms with Crippen LogP contribution in [0.3, 0.4) is 0 Å². The SMILES string of the molecule is Cc1cc(-c2cc3cc(C)n(C)c3cc2Nc2cccc3c2C(=O)N(C2CCC(=O)NC2=O)C3=O)ccn1. The normalized spacial score (nSPS) is 17.2. The second-order valence-electron chi connectivity index (χ2n) is 9.79. The molecule has 38 heavy (non-hydrogen) atoms. The first-order chi connectivity index (χ1) is 18.2. The van der Waals surface area contributed by atoms with Crippen molar-refractivity contribution in [3.63, 3.8) is 0 Å². The van der Waals surface area contributed by atoms with Gasteiger partial charge in [0.2, 0.25) is 11.8 Å². The molecule has 1 atom stereocenters. The van der Waals surface area contributed by atoms with E-state index in [0.717, 1.165) is 44.0 Å². The van der Waals surface area contributed by atoms with Crippen LogP contribution in [-0.4, -0.2) is 44.1 Å². The highest BCUT2D eigenvalue weighted by atomic mass is 16.2. The van der Waals surface area contributed by atoms with Gasteiger partial charge < -0.3 is 9.88 Å². The van der Waals surface area contributed by atoms with Crippen LogP contribution in [0.5, 0.6) is 0 Å². The minimum absolute atomic E-state index is 0.0692. The number of anilines is 2. The van der Waals surface area contributed by atoms with Crippen LogP contribution in [0, 0.1) is 13.8 Å². The van der Waals surface area contributed by atoms with Gasteiger partial charge in [-0.05, 0) is 68.3 Å². The van der Waals surface area contributed by atoms with Crippen molar-refractivity contribution in [1.29, 1.82) is 0 Å². The summed E-state index contributed by atoms with van der Waals surface area (Å²) in [6.45, 7) is 3.97. The maximum absolute atomic E-state index is 13.6. The third kappa shape index (κ3) is 3.66. The number of imide groups is 2. The zero-order chi connectivity index (χ0) is 26.7. The van der Waals surface area contributed by atoms with Gasteiger partial charge in [0.05, 0.1) is 22.3 Å². The van der Waals surface area contributed by atoms with E-state index in [1.165, 1.54) is 0 Å². The molecule has 2 aromatic heterocycles. The molecule has 4 amide bonds. The number of pyridine rings is 1. The minimum Gasteiger partial charge on any atom is -0.354 e. The highest BCUT2D eigenvalue weighted by molar-refractivity contribution is 6.25. The fourth-order valence-electron chi connectivity index (χ4n) is 5.34. The Bertz CT molecular complexity index is 1700. The van der Waals surface area contributed by atoms with Gasteiger partial charge in [0.25, 0.3) is 11.8 Å². The molecule has 0 aliphatic carbocycles. The van der Waals surface area contributed by atoms with Crippen LogP contribution in [0.15, 0.2) is 54.7 Å². The first-order valence-electron chi connectivity index (χ1n) is 12.4. The summed E-state index contributed by atoms with van der Waals surface area (Å²) in [5.41, 5.74) is 6.54. The van der Waals surface area contributed by atoms with Gasteiger partial charge in [-0.2, -0.15) is 0 Å². The predicted molar refractivity (Wildman–Crippen MR) is 142 cm³/mol. The van der Waals surface area contributed by atoms with Crippen molar-refractivity contribution < 1.29 is 19.2 Å². The largest absolute Gasteiger partial charge is 0.354 e. The fraction of sp³-hybridized carbons (Fsp3) is 0.207. The monoisotopic (exact) mass is 507 g/mol. The van der Waals surface area contributed by atoms with Crippen molar-refractivity contribution in [3.8, 4) is 11.1 Å². The number of carbonyl (C=O) groups is 4. The topological polar surface area (TPSA) is 113 Å². The van der Waals surface area contributed by atoms with Crippen LogP contribution in [0.1, 0.15) is 44.9 Å². The summed E-state index contributed by atoms with van der Waals surface area (Å²) in [5.74, 6) is -2.14. The van der Waals surface area contributed by atoms with Gasteiger partial charge in [0.15, 0.2) is 0 Å². The van der Waals surface area contributed by atoms with E-state index in [9.17, 15) is 19.2 Å². The predicted octanol–water partition coefficient (Wildman–Crippen LogP) is 4.00. The molecule has 190 valence electrons. The third-order valence-electron chi connectivity index (χ3n) is 7.37. The van der Waals surface area contributed by atoms with Gasteiger partial charge in [0.1, 0.15) is 6.04 Å². The average Bonchev–Trinajstić information content (AvgIpc) is 3.31. The maximum atomic E-state index is 13.6. The standard InChI is InChI=1S/C29H25N5O4/c1-15-11-17(9-10-30-15)20-13-18-12-16(2)33(3)24(18)14-22(20)31-21-6-4-5-19-26(21)29(38)34(28(19)37)23-7-8-25(35)32-27(23)36/h4-6,9-14,23,31H,7-8H2,1-3H3,(H,32,35,36). The summed E-state index contributed by atoms with van der Waals surface area (Å²) in [5, 5.41) is 6.74.